The van der Waals surface area contributed by atoms with Gasteiger partial charge in [-0.15, -0.1) is 0 Å². The van der Waals surface area contributed by atoms with Gasteiger partial charge in [0.25, 0.3) is 0 Å². The van der Waals surface area contributed by atoms with Gasteiger partial charge in [-0.3, -0.25) is 4.79 Å². The van der Waals surface area contributed by atoms with Gasteiger partial charge in [0.1, 0.15) is 5.75 Å². The molecule has 1 N–H and O–H groups in total. The third-order valence-corrected chi connectivity index (χ3v) is 6.24. The first-order valence-corrected chi connectivity index (χ1v) is 11.1. The third-order valence-electron chi connectivity index (χ3n) is 4.64. The fourth-order valence-corrected chi connectivity index (χ4v) is 4.62. The highest BCUT2D eigenvalue weighted by atomic mass is 32.2. The van der Waals surface area contributed by atoms with E-state index in [9.17, 15) is 13.2 Å². The van der Waals surface area contributed by atoms with E-state index in [1.165, 1.54) is 0 Å². The van der Waals surface area contributed by atoms with E-state index in [2.05, 4.69) is 5.32 Å². The monoisotopic (exact) mass is 366 g/mol. The molecule has 5 nitrogen and oxygen atoms in total. The van der Waals surface area contributed by atoms with Crippen LogP contribution in [0.4, 0.5) is 0 Å². The zero-order valence-electron chi connectivity index (χ0n) is 15.1. The molecule has 0 radical (unpaired) electrons. The lowest BCUT2D eigenvalue weighted by Crippen LogP contribution is -2.48. The molecule has 0 bridgehead atoms. The molecular formula is C19H30N2O3S. The summed E-state index contributed by atoms with van der Waals surface area (Å²) in [5.41, 5.74) is 1.13. The van der Waals surface area contributed by atoms with Crippen molar-refractivity contribution in [1.82, 2.24) is 10.2 Å². The Bertz CT molecular complexity index is 625. The number of hydrogen-bond acceptors (Lipinski definition) is 4. The number of rotatable bonds is 9. The van der Waals surface area contributed by atoms with Crippen molar-refractivity contribution in [3.05, 3.63) is 35.9 Å². The maximum absolute atomic E-state index is 12.6. The van der Waals surface area contributed by atoms with Gasteiger partial charge >= 0.3 is 0 Å². The van der Waals surface area contributed by atoms with E-state index in [1.54, 1.807) is 4.90 Å². The van der Waals surface area contributed by atoms with Crippen LogP contribution in [0.5, 0.6) is 0 Å². The van der Waals surface area contributed by atoms with E-state index in [4.69, 9.17) is 0 Å². The number of carbonyl (C=O) groups is 1. The molecule has 6 heteroatoms. The molecule has 0 unspecified atom stereocenters. The van der Waals surface area contributed by atoms with Crippen LogP contribution in [0.25, 0.3) is 0 Å². The number of amides is 1. The minimum absolute atomic E-state index is 0.0693. The molecule has 0 atom stereocenters. The molecule has 1 aliphatic rings. The van der Waals surface area contributed by atoms with Crippen LogP contribution in [0, 0.1) is 0 Å². The van der Waals surface area contributed by atoms with Gasteiger partial charge in [-0.25, -0.2) is 8.42 Å². The molecule has 1 aromatic rings. The van der Waals surface area contributed by atoms with Crippen LogP contribution in [0.1, 0.15) is 38.2 Å². The van der Waals surface area contributed by atoms with E-state index in [0.717, 1.165) is 44.3 Å². The van der Waals surface area contributed by atoms with Crippen LogP contribution >= 0.6 is 0 Å². The number of nitrogens with zero attached hydrogens (tertiary/aromatic N) is 1. The number of piperidine rings is 1. The first-order chi connectivity index (χ1) is 12.0. The van der Waals surface area contributed by atoms with Crippen LogP contribution in [0.2, 0.25) is 0 Å². The second kappa shape index (κ2) is 9.92. The number of nitrogens with one attached hydrogen (secondary N) is 1. The van der Waals surface area contributed by atoms with Crippen molar-refractivity contribution in [1.29, 1.82) is 0 Å². The summed E-state index contributed by atoms with van der Waals surface area (Å²) in [7, 11) is -3.36. The molecule has 1 fully saturated rings. The highest BCUT2D eigenvalue weighted by Crippen LogP contribution is 2.14. The predicted molar refractivity (Wildman–Crippen MR) is 101 cm³/mol. The van der Waals surface area contributed by atoms with E-state index >= 15 is 0 Å². The molecule has 1 saturated heterocycles. The summed E-state index contributed by atoms with van der Waals surface area (Å²) in [4.78, 5) is 14.4. The number of aryl methyl sites for hydroxylation is 1. The van der Waals surface area contributed by atoms with Crippen LogP contribution in [0.3, 0.4) is 0 Å². The topological polar surface area (TPSA) is 66.5 Å². The van der Waals surface area contributed by atoms with Crippen LogP contribution in [0.15, 0.2) is 30.3 Å². The summed E-state index contributed by atoms with van der Waals surface area (Å²) >= 11 is 0. The molecular weight excluding hydrogens is 336 g/mol. The third kappa shape index (κ3) is 6.78. The number of hydrogen-bond donors (Lipinski definition) is 1. The summed E-state index contributed by atoms with van der Waals surface area (Å²) < 4.78 is 24.7. The SMILES string of the molecule is CCCN(C(=O)CS(=O)(=O)CCCc1ccccc1)C1CCNCC1. The molecule has 1 amide bonds. The smallest absolute Gasteiger partial charge is 0.238 e. The van der Waals surface area contributed by atoms with Gasteiger partial charge in [-0.2, -0.15) is 0 Å². The minimum atomic E-state index is -3.36. The van der Waals surface area contributed by atoms with Gasteiger partial charge in [0.05, 0.1) is 5.75 Å². The van der Waals surface area contributed by atoms with E-state index in [-0.39, 0.29) is 23.5 Å². The van der Waals surface area contributed by atoms with E-state index < -0.39 is 9.84 Å². The van der Waals surface area contributed by atoms with Crippen molar-refractivity contribution in [2.75, 3.05) is 31.1 Å². The Morgan fingerprint density at radius 1 is 1.20 bits per heavy atom. The van der Waals surface area contributed by atoms with Gasteiger partial charge in [0.15, 0.2) is 9.84 Å². The summed E-state index contributed by atoms with van der Waals surface area (Å²) in [6.07, 6.45) is 3.94. The van der Waals surface area contributed by atoms with Gasteiger partial charge < -0.3 is 10.2 Å². The fourth-order valence-electron chi connectivity index (χ4n) is 3.35. The van der Waals surface area contributed by atoms with Crippen molar-refractivity contribution >= 4 is 15.7 Å². The van der Waals surface area contributed by atoms with Gasteiger partial charge in [0, 0.05) is 12.6 Å². The average molecular weight is 367 g/mol. The highest BCUT2D eigenvalue weighted by Gasteiger charge is 2.27. The summed E-state index contributed by atoms with van der Waals surface area (Å²) in [5, 5.41) is 3.29. The first kappa shape index (κ1) is 19.9. The largest absolute Gasteiger partial charge is 0.339 e. The Labute approximate surface area is 151 Å². The zero-order chi connectivity index (χ0) is 18.1. The molecule has 25 heavy (non-hydrogen) atoms. The molecule has 0 aromatic heterocycles. The van der Waals surface area contributed by atoms with Crippen molar-refractivity contribution in [2.45, 2.75) is 45.1 Å². The standard InChI is InChI=1S/C19H30N2O3S/c1-2-14-21(18-10-12-20-13-11-18)19(22)16-25(23,24)15-6-9-17-7-4-3-5-8-17/h3-5,7-8,18,20H,2,6,9-16H2,1H3. The molecule has 1 aliphatic heterocycles. The Balaban J connectivity index is 1.86. The summed E-state index contributed by atoms with van der Waals surface area (Å²) in [6.45, 7) is 4.45. The number of sulfone groups is 1. The normalized spacial score (nSPS) is 15.9. The lowest BCUT2D eigenvalue weighted by Gasteiger charge is -2.34. The number of carbonyl (C=O) groups excluding carboxylic acids is 1. The molecule has 140 valence electrons. The van der Waals surface area contributed by atoms with Gasteiger partial charge in [0.2, 0.25) is 5.91 Å². The van der Waals surface area contributed by atoms with Gasteiger partial charge in [-0.05, 0) is 50.8 Å². The van der Waals surface area contributed by atoms with Crippen LogP contribution in [-0.2, 0) is 21.1 Å². The quantitative estimate of drug-likeness (QED) is 0.726. The maximum atomic E-state index is 12.6. The molecule has 0 saturated carbocycles. The van der Waals surface area contributed by atoms with Gasteiger partial charge in [-0.1, -0.05) is 37.3 Å². The lowest BCUT2D eigenvalue weighted by atomic mass is 10.0. The predicted octanol–water partition coefficient (Wildman–Crippen LogP) is 2.02. The Kier molecular flexibility index (Phi) is 7.90. The molecule has 2 rings (SSSR count). The zero-order valence-corrected chi connectivity index (χ0v) is 15.9. The van der Waals surface area contributed by atoms with Crippen molar-refractivity contribution in [2.24, 2.45) is 0 Å². The summed E-state index contributed by atoms with van der Waals surface area (Å²) in [5.74, 6) is -0.514. The lowest BCUT2D eigenvalue weighted by molar-refractivity contribution is -0.131. The average Bonchev–Trinajstić information content (AvgIpc) is 2.60. The fraction of sp³-hybridized carbons (Fsp3) is 0.632. The molecule has 1 aromatic carbocycles. The Morgan fingerprint density at radius 2 is 1.88 bits per heavy atom. The highest BCUT2D eigenvalue weighted by molar-refractivity contribution is 7.92. The second-order valence-electron chi connectivity index (χ2n) is 6.75. The minimum Gasteiger partial charge on any atom is -0.339 e. The Hall–Kier alpha value is -1.40. The Morgan fingerprint density at radius 3 is 2.52 bits per heavy atom. The number of benzene rings is 1. The van der Waals surface area contributed by atoms with Crippen molar-refractivity contribution < 1.29 is 13.2 Å². The van der Waals surface area contributed by atoms with E-state index in [1.807, 2.05) is 37.3 Å². The van der Waals surface area contributed by atoms with Crippen molar-refractivity contribution in [3.63, 3.8) is 0 Å². The van der Waals surface area contributed by atoms with Crippen LogP contribution < -0.4 is 5.32 Å². The second-order valence-corrected chi connectivity index (χ2v) is 8.93. The first-order valence-electron chi connectivity index (χ1n) is 9.26. The molecule has 0 spiro atoms. The molecule has 1 heterocycles. The molecule has 0 aliphatic carbocycles. The van der Waals surface area contributed by atoms with E-state index in [0.29, 0.717) is 13.0 Å². The van der Waals surface area contributed by atoms with Crippen LogP contribution in [-0.4, -0.2) is 56.4 Å². The summed E-state index contributed by atoms with van der Waals surface area (Å²) in [6, 6.07) is 10.0. The van der Waals surface area contributed by atoms with Crippen molar-refractivity contribution in [3.8, 4) is 0 Å². The maximum Gasteiger partial charge on any atom is 0.238 e.